The zero-order valence-corrected chi connectivity index (χ0v) is 19.7. The van der Waals surface area contributed by atoms with Gasteiger partial charge in [0.05, 0.1) is 22.6 Å². The van der Waals surface area contributed by atoms with Crippen LogP contribution >= 0.6 is 0 Å². The highest BCUT2D eigenvalue weighted by atomic mass is 19.1. The van der Waals surface area contributed by atoms with E-state index >= 15 is 0 Å². The van der Waals surface area contributed by atoms with Gasteiger partial charge >= 0.3 is 0 Å². The molecule has 0 radical (unpaired) electrons. The fourth-order valence-electron chi connectivity index (χ4n) is 3.87. The lowest BCUT2D eigenvalue weighted by atomic mass is 10.1. The van der Waals surface area contributed by atoms with Crippen molar-refractivity contribution < 1.29 is 9.18 Å². The number of aromatic nitrogens is 4. The summed E-state index contributed by atoms with van der Waals surface area (Å²) in [5.41, 5.74) is 10.2. The van der Waals surface area contributed by atoms with E-state index in [2.05, 4.69) is 30.8 Å². The number of pyridine rings is 2. The molecule has 2 aromatic carbocycles. The Hall–Kier alpha value is -5.30. The Morgan fingerprint density at radius 1 is 1.05 bits per heavy atom. The largest absolute Gasteiger partial charge is 0.384 e. The first-order valence-electron chi connectivity index (χ1n) is 11.3. The summed E-state index contributed by atoms with van der Waals surface area (Å²) in [4.78, 5) is 21.8. The molecule has 0 spiro atoms. The van der Waals surface area contributed by atoms with Crippen molar-refractivity contribution in [2.45, 2.75) is 13.0 Å². The fourth-order valence-corrected chi connectivity index (χ4v) is 3.87. The monoisotopic (exact) mass is 492 g/mol. The third-order valence-corrected chi connectivity index (χ3v) is 5.90. The molecule has 3 heterocycles. The van der Waals surface area contributed by atoms with Gasteiger partial charge in [0.15, 0.2) is 5.65 Å². The van der Waals surface area contributed by atoms with Crippen LogP contribution < -0.4 is 16.4 Å². The van der Waals surface area contributed by atoms with Gasteiger partial charge in [-0.1, -0.05) is 24.3 Å². The Balaban J connectivity index is 1.37. The molecule has 1 amide bonds. The number of benzene rings is 2. The van der Waals surface area contributed by atoms with Gasteiger partial charge in [-0.05, 0) is 54.4 Å². The molecule has 1 atom stereocenters. The Kier molecular flexibility index (Phi) is 6.18. The second kappa shape index (κ2) is 9.75. The van der Waals surface area contributed by atoms with Crippen LogP contribution in [-0.4, -0.2) is 26.1 Å². The standard InChI is InChI=1S/C27H21FN8O/c1-15(17-2-6-20(28)7-3-17)33-27(37)23-10-16(12-29)13-31-25(23)34-21-8-4-18(5-9-21)19-11-22-24(30)35-36-26(22)32-14-19/h2-11,13-15H,1H3,(H,31,34)(H,33,37)(H3,30,32,35,36). The van der Waals surface area contributed by atoms with Crippen LogP contribution in [0.3, 0.4) is 0 Å². The Bertz CT molecular complexity index is 1640. The lowest BCUT2D eigenvalue weighted by Gasteiger charge is -2.16. The molecule has 37 heavy (non-hydrogen) atoms. The smallest absolute Gasteiger partial charge is 0.255 e. The van der Waals surface area contributed by atoms with Gasteiger partial charge in [-0.2, -0.15) is 10.4 Å². The van der Waals surface area contributed by atoms with Crippen LogP contribution in [-0.2, 0) is 0 Å². The number of nitrogens with two attached hydrogens (primary N) is 1. The summed E-state index contributed by atoms with van der Waals surface area (Å²) >= 11 is 0. The number of nitrogens with zero attached hydrogens (tertiary/aromatic N) is 4. The van der Waals surface area contributed by atoms with Crippen molar-refractivity contribution in [3.63, 3.8) is 0 Å². The summed E-state index contributed by atoms with van der Waals surface area (Å²) in [6.07, 6.45) is 3.12. The molecule has 10 heteroatoms. The predicted molar refractivity (Wildman–Crippen MR) is 138 cm³/mol. The van der Waals surface area contributed by atoms with Crippen molar-refractivity contribution in [3.8, 4) is 17.2 Å². The van der Waals surface area contributed by atoms with E-state index < -0.39 is 5.91 Å². The molecule has 9 nitrogen and oxygen atoms in total. The van der Waals surface area contributed by atoms with Crippen LogP contribution in [0.4, 0.5) is 21.7 Å². The minimum atomic E-state index is -0.419. The van der Waals surface area contributed by atoms with Crippen molar-refractivity contribution in [2.24, 2.45) is 0 Å². The molecule has 182 valence electrons. The zero-order chi connectivity index (χ0) is 25.9. The quantitative estimate of drug-likeness (QED) is 0.265. The molecule has 3 aromatic heterocycles. The molecular formula is C27H21FN8O. The number of nitriles is 1. The molecule has 1 unspecified atom stereocenters. The lowest BCUT2D eigenvalue weighted by Crippen LogP contribution is -2.27. The van der Waals surface area contributed by atoms with Crippen LogP contribution in [0.5, 0.6) is 0 Å². The lowest BCUT2D eigenvalue weighted by molar-refractivity contribution is 0.0940. The molecule has 5 N–H and O–H groups in total. The first kappa shape index (κ1) is 23.4. The summed E-state index contributed by atoms with van der Waals surface area (Å²) < 4.78 is 13.3. The third kappa shape index (κ3) is 4.92. The first-order valence-corrected chi connectivity index (χ1v) is 11.3. The van der Waals surface area contributed by atoms with E-state index in [1.165, 1.54) is 24.4 Å². The number of nitrogens with one attached hydrogen (secondary N) is 3. The molecule has 0 aliphatic carbocycles. The normalized spacial score (nSPS) is 11.6. The van der Waals surface area contributed by atoms with Crippen LogP contribution in [0.25, 0.3) is 22.2 Å². The molecule has 5 rings (SSSR count). The van der Waals surface area contributed by atoms with Gasteiger partial charge in [-0.25, -0.2) is 14.4 Å². The third-order valence-electron chi connectivity index (χ3n) is 5.90. The number of carbonyl (C=O) groups excluding carboxylic acids is 1. The number of carbonyl (C=O) groups is 1. The number of anilines is 3. The number of H-pyrrole nitrogens is 1. The van der Waals surface area contributed by atoms with Gasteiger partial charge in [0.25, 0.3) is 5.91 Å². The maximum absolute atomic E-state index is 13.3. The SMILES string of the molecule is CC(NC(=O)c1cc(C#N)cnc1Nc1ccc(-c2cnc3n[nH]c(N)c3c2)cc1)c1ccc(F)cc1. The van der Waals surface area contributed by atoms with E-state index in [0.717, 1.165) is 22.1 Å². The van der Waals surface area contributed by atoms with Crippen molar-refractivity contribution in [2.75, 3.05) is 11.1 Å². The second-order valence-electron chi connectivity index (χ2n) is 8.41. The Morgan fingerprint density at radius 2 is 1.81 bits per heavy atom. The highest BCUT2D eigenvalue weighted by Crippen LogP contribution is 2.27. The van der Waals surface area contributed by atoms with E-state index in [1.807, 2.05) is 36.4 Å². The molecule has 0 saturated carbocycles. The van der Waals surface area contributed by atoms with Crippen LogP contribution in [0, 0.1) is 17.1 Å². The Morgan fingerprint density at radius 3 is 2.54 bits per heavy atom. The number of fused-ring (bicyclic) bond motifs is 1. The number of aromatic amines is 1. The molecule has 0 saturated heterocycles. The average Bonchev–Trinajstić information content (AvgIpc) is 3.29. The van der Waals surface area contributed by atoms with Crippen LogP contribution in [0.1, 0.15) is 34.5 Å². The van der Waals surface area contributed by atoms with Gasteiger partial charge in [0, 0.05) is 23.6 Å². The van der Waals surface area contributed by atoms with E-state index in [0.29, 0.717) is 23.0 Å². The number of nitrogen functional groups attached to an aromatic ring is 1. The summed E-state index contributed by atoms with van der Waals surface area (Å²) in [6, 6.07) is 18.4. The topological polar surface area (TPSA) is 145 Å². The highest BCUT2D eigenvalue weighted by Gasteiger charge is 2.18. The summed E-state index contributed by atoms with van der Waals surface area (Å²) in [5, 5.41) is 22.9. The van der Waals surface area contributed by atoms with Gasteiger partial charge in [-0.15, -0.1) is 0 Å². The second-order valence-corrected chi connectivity index (χ2v) is 8.41. The van der Waals surface area contributed by atoms with Gasteiger partial charge in [0.2, 0.25) is 0 Å². The fraction of sp³-hybridized carbons (Fsp3) is 0.0741. The zero-order valence-electron chi connectivity index (χ0n) is 19.7. The van der Waals surface area contributed by atoms with E-state index in [1.54, 1.807) is 25.3 Å². The minimum absolute atomic E-state index is 0.210. The van der Waals surface area contributed by atoms with Crippen molar-refractivity contribution >= 4 is 34.3 Å². The molecule has 0 fully saturated rings. The number of hydrogen-bond donors (Lipinski definition) is 4. The summed E-state index contributed by atoms with van der Waals surface area (Å²) in [5.74, 6) is -0.0235. The van der Waals surface area contributed by atoms with Gasteiger partial charge in [0.1, 0.15) is 23.5 Å². The first-order chi connectivity index (χ1) is 17.9. The molecule has 5 aromatic rings. The van der Waals surface area contributed by atoms with Gasteiger partial charge in [-0.3, -0.25) is 9.89 Å². The van der Waals surface area contributed by atoms with Crippen LogP contribution in [0.15, 0.2) is 73.1 Å². The van der Waals surface area contributed by atoms with E-state index in [9.17, 15) is 14.4 Å². The summed E-state index contributed by atoms with van der Waals surface area (Å²) in [6.45, 7) is 1.79. The maximum atomic E-state index is 13.3. The van der Waals surface area contributed by atoms with Crippen molar-refractivity contribution in [1.29, 1.82) is 5.26 Å². The molecular weight excluding hydrogens is 471 g/mol. The number of rotatable bonds is 6. The molecule has 0 aliphatic heterocycles. The molecule has 0 bridgehead atoms. The average molecular weight is 493 g/mol. The maximum Gasteiger partial charge on any atom is 0.255 e. The Labute approximate surface area is 211 Å². The van der Waals surface area contributed by atoms with Crippen molar-refractivity contribution in [1.82, 2.24) is 25.5 Å². The number of hydrogen-bond acceptors (Lipinski definition) is 7. The molecule has 0 aliphatic rings. The van der Waals surface area contributed by atoms with Crippen LogP contribution in [0.2, 0.25) is 0 Å². The van der Waals surface area contributed by atoms with Crippen molar-refractivity contribution in [3.05, 3.63) is 95.6 Å². The number of amides is 1. The minimum Gasteiger partial charge on any atom is -0.384 e. The van der Waals surface area contributed by atoms with Gasteiger partial charge < -0.3 is 16.4 Å². The van der Waals surface area contributed by atoms with E-state index in [4.69, 9.17) is 5.73 Å². The summed E-state index contributed by atoms with van der Waals surface area (Å²) in [7, 11) is 0. The number of halogens is 1. The predicted octanol–water partition coefficient (Wildman–Crippen LogP) is 4.85. The van der Waals surface area contributed by atoms with E-state index in [-0.39, 0.29) is 23.0 Å². The highest BCUT2D eigenvalue weighted by molar-refractivity contribution is 6.00.